The van der Waals surface area contributed by atoms with Crippen molar-refractivity contribution in [1.29, 1.82) is 0 Å². The Labute approximate surface area is 138 Å². The predicted molar refractivity (Wildman–Crippen MR) is 91.5 cm³/mol. The fourth-order valence-corrected chi connectivity index (χ4v) is 2.19. The van der Waals surface area contributed by atoms with Gasteiger partial charge in [-0.2, -0.15) is 0 Å². The second-order valence-electron chi connectivity index (χ2n) is 5.08. The van der Waals surface area contributed by atoms with Gasteiger partial charge < -0.3 is 26.0 Å². The van der Waals surface area contributed by atoms with E-state index in [9.17, 15) is 10.2 Å². The molecular formula is C17H16N4O3. The Morgan fingerprint density at radius 1 is 1.08 bits per heavy atom. The Hall–Kier alpha value is -3.48. The third kappa shape index (κ3) is 3.14. The summed E-state index contributed by atoms with van der Waals surface area (Å²) in [6.45, 7) is 0. The maximum atomic E-state index is 9.73. The van der Waals surface area contributed by atoms with Crippen molar-refractivity contribution in [2.24, 2.45) is 0 Å². The van der Waals surface area contributed by atoms with E-state index in [1.807, 2.05) is 12.1 Å². The third-order valence-corrected chi connectivity index (χ3v) is 3.39. The fraction of sp³-hybridized carbons (Fsp3) is 0.0588. The number of hydrogen-bond acceptors (Lipinski definition) is 7. The van der Waals surface area contributed by atoms with E-state index in [0.29, 0.717) is 22.9 Å². The first kappa shape index (κ1) is 15.4. The highest BCUT2D eigenvalue weighted by Crippen LogP contribution is 2.38. The van der Waals surface area contributed by atoms with Gasteiger partial charge in [-0.3, -0.25) is 4.98 Å². The number of hydrogen-bond donors (Lipinski definition) is 4. The quantitative estimate of drug-likeness (QED) is 0.331. The van der Waals surface area contributed by atoms with Crippen LogP contribution in [0.1, 0.15) is 0 Å². The van der Waals surface area contributed by atoms with Crippen LogP contribution in [0.2, 0.25) is 0 Å². The van der Waals surface area contributed by atoms with Crippen LogP contribution >= 0.6 is 0 Å². The van der Waals surface area contributed by atoms with Crippen LogP contribution in [0, 0.1) is 0 Å². The van der Waals surface area contributed by atoms with Gasteiger partial charge in [0.15, 0.2) is 11.5 Å². The average molecular weight is 324 g/mol. The Bertz CT molecular complexity index is 866. The van der Waals surface area contributed by atoms with Gasteiger partial charge in [-0.25, -0.2) is 4.98 Å². The molecule has 0 atom stereocenters. The molecule has 7 heteroatoms. The first-order valence-electron chi connectivity index (χ1n) is 7.12. The molecule has 1 heterocycles. The van der Waals surface area contributed by atoms with Gasteiger partial charge >= 0.3 is 0 Å². The number of aromatic nitrogens is 2. The van der Waals surface area contributed by atoms with E-state index >= 15 is 0 Å². The monoisotopic (exact) mass is 324 g/mol. The number of rotatable bonds is 4. The predicted octanol–water partition coefficient (Wildman–Crippen LogP) is 2.89. The van der Waals surface area contributed by atoms with Gasteiger partial charge in [0.2, 0.25) is 5.75 Å². The minimum Gasteiger partial charge on any atom is -0.504 e. The van der Waals surface area contributed by atoms with E-state index in [4.69, 9.17) is 10.5 Å². The minimum absolute atomic E-state index is 0.153. The number of phenols is 2. The van der Waals surface area contributed by atoms with E-state index in [-0.39, 0.29) is 17.2 Å². The van der Waals surface area contributed by atoms with Gasteiger partial charge in [0.1, 0.15) is 5.82 Å². The number of methoxy groups -OCH3 is 1. The van der Waals surface area contributed by atoms with Crippen LogP contribution in [-0.4, -0.2) is 27.3 Å². The molecule has 0 aliphatic heterocycles. The minimum atomic E-state index is -0.315. The molecule has 5 N–H and O–H groups in total. The summed E-state index contributed by atoms with van der Waals surface area (Å²) in [5.41, 5.74) is 8.42. The molecular weight excluding hydrogens is 308 g/mol. The summed E-state index contributed by atoms with van der Waals surface area (Å²) >= 11 is 0. The number of nitrogen functional groups attached to an aromatic ring is 1. The molecule has 2 aromatic carbocycles. The van der Waals surface area contributed by atoms with E-state index in [1.165, 1.54) is 13.2 Å². The second kappa shape index (κ2) is 6.33. The van der Waals surface area contributed by atoms with Gasteiger partial charge in [0.25, 0.3) is 0 Å². The number of phenolic OH excluding ortho intramolecular Hbond substituents is 2. The summed E-state index contributed by atoms with van der Waals surface area (Å²) in [6.07, 6.45) is 3.20. The van der Waals surface area contributed by atoms with Crippen molar-refractivity contribution < 1.29 is 14.9 Å². The second-order valence-corrected chi connectivity index (χ2v) is 5.08. The highest BCUT2D eigenvalue weighted by atomic mass is 16.5. The highest BCUT2D eigenvalue weighted by Gasteiger charge is 2.10. The van der Waals surface area contributed by atoms with Crippen molar-refractivity contribution in [3.63, 3.8) is 0 Å². The number of nitrogens with one attached hydrogen (secondary N) is 1. The molecule has 0 saturated heterocycles. The zero-order valence-corrected chi connectivity index (χ0v) is 12.9. The molecule has 0 spiro atoms. The van der Waals surface area contributed by atoms with Crippen LogP contribution in [-0.2, 0) is 0 Å². The van der Waals surface area contributed by atoms with E-state index in [0.717, 1.165) is 5.56 Å². The first-order valence-corrected chi connectivity index (χ1v) is 7.12. The summed E-state index contributed by atoms with van der Waals surface area (Å²) in [5, 5.41) is 22.4. The number of benzene rings is 2. The van der Waals surface area contributed by atoms with Crippen molar-refractivity contribution in [3.05, 3.63) is 48.8 Å². The van der Waals surface area contributed by atoms with Crippen molar-refractivity contribution >= 4 is 17.2 Å². The maximum absolute atomic E-state index is 9.73. The zero-order valence-electron chi connectivity index (χ0n) is 12.9. The van der Waals surface area contributed by atoms with Crippen LogP contribution in [0.3, 0.4) is 0 Å². The molecule has 0 bridgehead atoms. The molecule has 3 aromatic rings. The van der Waals surface area contributed by atoms with Crippen LogP contribution in [0.15, 0.2) is 48.8 Å². The van der Waals surface area contributed by atoms with Gasteiger partial charge in [0, 0.05) is 29.1 Å². The first-order chi connectivity index (χ1) is 11.6. The number of anilines is 3. The molecule has 0 aliphatic rings. The molecule has 0 unspecified atom stereocenters. The molecule has 1 aromatic heterocycles. The summed E-state index contributed by atoms with van der Waals surface area (Å²) < 4.78 is 5.01. The number of nitrogens with zero attached hydrogens (tertiary/aromatic N) is 2. The van der Waals surface area contributed by atoms with Crippen LogP contribution < -0.4 is 15.8 Å². The maximum Gasteiger partial charge on any atom is 0.200 e. The Balaban J connectivity index is 1.90. The normalized spacial score (nSPS) is 10.4. The Morgan fingerprint density at radius 3 is 2.54 bits per heavy atom. The lowest BCUT2D eigenvalue weighted by Gasteiger charge is -2.11. The molecule has 24 heavy (non-hydrogen) atoms. The summed E-state index contributed by atoms with van der Waals surface area (Å²) in [4.78, 5) is 8.64. The molecule has 0 amide bonds. The zero-order chi connectivity index (χ0) is 17.1. The van der Waals surface area contributed by atoms with Crippen LogP contribution in [0.5, 0.6) is 17.2 Å². The van der Waals surface area contributed by atoms with Gasteiger partial charge in [0.05, 0.1) is 25.2 Å². The van der Waals surface area contributed by atoms with Crippen LogP contribution in [0.25, 0.3) is 11.3 Å². The summed E-state index contributed by atoms with van der Waals surface area (Å²) in [7, 11) is 1.40. The summed E-state index contributed by atoms with van der Waals surface area (Å²) in [6, 6.07) is 10.2. The molecule has 0 fully saturated rings. The SMILES string of the molecule is COc1cc(Nc2cncc(-c3ccc(N)cc3)n2)cc(O)c1O. The standard InChI is InChI=1S/C17H16N4O3/c1-24-15-7-12(6-14(22)17(15)23)20-16-9-19-8-13(21-16)10-2-4-11(18)5-3-10/h2-9,22-23H,18H2,1H3,(H,20,21). The van der Waals surface area contributed by atoms with Crippen molar-refractivity contribution in [2.75, 3.05) is 18.2 Å². The van der Waals surface area contributed by atoms with Crippen molar-refractivity contribution in [2.45, 2.75) is 0 Å². The van der Waals surface area contributed by atoms with E-state index < -0.39 is 0 Å². The van der Waals surface area contributed by atoms with Gasteiger partial charge in [-0.05, 0) is 12.1 Å². The smallest absolute Gasteiger partial charge is 0.200 e. The number of aromatic hydroxyl groups is 2. The molecule has 0 saturated carbocycles. The fourth-order valence-electron chi connectivity index (χ4n) is 2.19. The lowest BCUT2D eigenvalue weighted by atomic mass is 10.1. The summed E-state index contributed by atoms with van der Waals surface area (Å²) in [5.74, 6) is 0.0286. The average Bonchev–Trinajstić information content (AvgIpc) is 2.59. The number of nitrogens with two attached hydrogens (primary N) is 1. The molecule has 122 valence electrons. The third-order valence-electron chi connectivity index (χ3n) is 3.39. The van der Waals surface area contributed by atoms with Gasteiger partial charge in [-0.15, -0.1) is 0 Å². The topological polar surface area (TPSA) is 114 Å². The van der Waals surface area contributed by atoms with Crippen LogP contribution in [0.4, 0.5) is 17.2 Å². The number of ether oxygens (including phenoxy) is 1. The van der Waals surface area contributed by atoms with Crippen molar-refractivity contribution in [1.82, 2.24) is 9.97 Å². The van der Waals surface area contributed by atoms with Crippen molar-refractivity contribution in [3.8, 4) is 28.5 Å². The van der Waals surface area contributed by atoms with Gasteiger partial charge in [-0.1, -0.05) is 12.1 Å². The molecule has 3 rings (SSSR count). The largest absolute Gasteiger partial charge is 0.504 e. The molecule has 0 radical (unpaired) electrons. The van der Waals surface area contributed by atoms with E-state index in [1.54, 1.807) is 30.6 Å². The Kier molecular flexibility index (Phi) is 4.07. The molecule has 7 nitrogen and oxygen atoms in total. The lowest BCUT2D eigenvalue weighted by Crippen LogP contribution is -1.97. The highest BCUT2D eigenvalue weighted by molar-refractivity contribution is 5.67. The Morgan fingerprint density at radius 2 is 1.83 bits per heavy atom. The molecule has 0 aliphatic carbocycles. The lowest BCUT2D eigenvalue weighted by molar-refractivity contribution is 0.351. The van der Waals surface area contributed by atoms with E-state index in [2.05, 4.69) is 15.3 Å².